The lowest BCUT2D eigenvalue weighted by Crippen LogP contribution is -2.48. The van der Waals surface area contributed by atoms with Crippen molar-refractivity contribution in [3.8, 4) is 0 Å². The Morgan fingerprint density at radius 1 is 1.53 bits per heavy atom. The highest BCUT2D eigenvalue weighted by Gasteiger charge is 2.29. The molecular weight excluding hydrogens is 236 g/mol. The predicted molar refractivity (Wildman–Crippen MR) is 69.1 cm³/mol. The van der Waals surface area contributed by atoms with Gasteiger partial charge in [-0.05, 0) is 20.8 Å². The molecule has 1 aliphatic rings. The summed E-state index contributed by atoms with van der Waals surface area (Å²) >= 11 is 1.48. The van der Waals surface area contributed by atoms with Gasteiger partial charge in [0.25, 0.3) is 0 Å². The van der Waals surface area contributed by atoms with Gasteiger partial charge in [0.15, 0.2) is 10.9 Å². The van der Waals surface area contributed by atoms with Gasteiger partial charge in [0.05, 0.1) is 22.8 Å². The molecule has 5 heteroatoms. The summed E-state index contributed by atoms with van der Waals surface area (Å²) in [5.74, 6) is 0.0961. The summed E-state index contributed by atoms with van der Waals surface area (Å²) in [5, 5.41) is 0.934. The van der Waals surface area contributed by atoms with Gasteiger partial charge in [-0.2, -0.15) is 0 Å². The molecule has 0 amide bonds. The molecular formula is C12H18N2O2S. The number of rotatable bonds is 2. The molecule has 4 nitrogen and oxygen atoms in total. The number of ketones is 1. The number of aromatic nitrogens is 1. The Hall–Kier alpha value is -0.940. The van der Waals surface area contributed by atoms with Gasteiger partial charge in [-0.3, -0.25) is 4.79 Å². The highest BCUT2D eigenvalue weighted by Crippen LogP contribution is 2.29. The van der Waals surface area contributed by atoms with Crippen LogP contribution in [-0.2, 0) is 4.74 Å². The molecule has 0 bridgehead atoms. The zero-order valence-electron chi connectivity index (χ0n) is 10.7. The summed E-state index contributed by atoms with van der Waals surface area (Å²) < 4.78 is 5.67. The largest absolute Gasteiger partial charge is 0.372 e. The normalized spacial score (nSPS) is 19.4. The summed E-state index contributed by atoms with van der Waals surface area (Å²) in [4.78, 5) is 18.9. The highest BCUT2D eigenvalue weighted by atomic mass is 32.1. The van der Waals surface area contributed by atoms with Gasteiger partial charge >= 0.3 is 0 Å². The van der Waals surface area contributed by atoms with E-state index < -0.39 is 0 Å². The van der Waals surface area contributed by atoms with E-state index in [1.54, 1.807) is 6.92 Å². The highest BCUT2D eigenvalue weighted by molar-refractivity contribution is 7.17. The summed E-state index contributed by atoms with van der Waals surface area (Å²) in [5.41, 5.74) is 0.690. The van der Waals surface area contributed by atoms with Gasteiger partial charge in [0.1, 0.15) is 0 Å². The van der Waals surface area contributed by atoms with Crippen molar-refractivity contribution in [2.45, 2.75) is 33.3 Å². The molecule has 94 valence electrons. The molecule has 0 spiro atoms. The Balaban J connectivity index is 2.22. The summed E-state index contributed by atoms with van der Waals surface area (Å²) in [7, 11) is 0. The monoisotopic (exact) mass is 254 g/mol. The third-order valence-electron chi connectivity index (χ3n) is 2.80. The first kappa shape index (κ1) is 12.5. The van der Waals surface area contributed by atoms with E-state index in [9.17, 15) is 4.79 Å². The number of hydrogen-bond donors (Lipinski definition) is 0. The van der Waals surface area contributed by atoms with Crippen LogP contribution in [0.1, 0.15) is 36.1 Å². The van der Waals surface area contributed by atoms with Crippen molar-refractivity contribution < 1.29 is 9.53 Å². The number of anilines is 1. The molecule has 0 aromatic carbocycles. The van der Waals surface area contributed by atoms with Gasteiger partial charge in [-0.1, -0.05) is 11.3 Å². The lowest BCUT2D eigenvalue weighted by atomic mass is 10.1. The topological polar surface area (TPSA) is 42.4 Å². The molecule has 0 saturated carbocycles. The van der Waals surface area contributed by atoms with Crippen LogP contribution in [-0.4, -0.2) is 36.1 Å². The Kier molecular flexibility index (Phi) is 3.23. The quantitative estimate of drug-likeness (QED) is 0.759. The van der Waals surface area contributed by atoms with Gasteiger partial charge in [0.2, 0.25) is 0 Å². The molecule has 0 N–H and O–H groups in total. The lowest BCUT2D eigenvalue weighted by molar-refractivity contribution is -0.0277. The van der Waals surface area contributed by atoms with Crippen LogP contribution < -0.4 is 4.90 Å². The molecule has 1 saturated heterocycles. The number of ether oxygens (including phenoxy) is 1. The Labute approximate surface area is 106 Å². The Morgan fingerprint density at radius 3 is 2.76 bits per heavy atom. The minimum Gasteiger partial charge on any atom is -0.372 e. The molecule has 0 unspecified atom stereocenters. The number of morpholine rings is 1. The van der Waals surface area contributed by atoms with Crippen molar-refractivity contribution in [1.82, 2.24) is 4.98 Å². The van der Waals surface area contributed by atoms with E-state index in [-0.39, 0.29) is 11.4 Å². The van der Waals surface area contributed by atoms with Crippen molar-refractivity contribution in [3.63, 3.8) is 0 Å². The number of hydrogen-bond acceptors (Lipinski definition) is 5. The number of Topliss-reactive ketones (excluding diaryl/α,β-unsaturated/α-hetero) is 1. The van der Waals surface area contributed by atoms with Crippen molar-refractivity contribution in [2.24, 2.45) is 0 Å². The average Bonchev–Trinajstić information content (AvgIpc) is 2.59. The number of thiazole rings is 1. The van der Waals surface area contributed by atoms with E-state index in [0.29, 0.717) is 6.61 Å². The van der Waals surface area contributed by atoms with Crippen LogP contribution in [0, 0.1) is 6.92 Å². The van der Waals surface area contributed by atoms with E-state index in [0.717, 1.165) is 28.8 Å². The summed E-state index contributed by atoms with van der Waals surface area (Å²) in [6.45, 7) is 10.00. The second-order valence-corrected chi connectivity index (χ2v) is 5.97. The second kappa shape index (κ2) is 4.38. The van der Waals surface area contributed by atoms with Gasteiger partial charge < -0.3 is 9.64 Å². The zero-order chi connectivity index (χ0) is 12.6. The SMILES string of the molecule is CC(=O)c1sc(N2CCOC(C)(C)C2)nc1C. The fourth-order valence-electron chi connectivity index (χ4n) is 2.02. The second-order valence-electron chi connectivity index (χ2n) is 5.00. The number of nitrogens with zero attached hydrogens (tertiary/aromatic N) is 2. The molecule has 0 atom stereocenters. The van der Waals surface area contributed by atoms with Crippen LogP contribution in [0.5, 0.6) is 0 Å². The maximum atomic E-state index is 11.4. The first-order chi connectivity index (χ1) is 7.89. The molecule has 1 fully saturated rings. The standard InChI is InChI=1S/C12H18N2O2S/c1-8-10(9(2)15)17-11(13-8)14-5-6-16-12(3,4)7-14/h5-7H2,1-4H3. The molecule has 0 aliphatic carbocycles. The van der Waals surface area contributed by atoms with Gasteiger partial charge in [-0.15, -0.1) is 0 Å². The lowest BCUT2D eigenvalue weighted by Gasteiger charge is -2.37. The fourth-order valence-corrected chi connectivity index (χ4v) is 3.01. The zero-order valence-corrected chi connectivity index (χ0v) is 11.6. The van der Waals surface area contributed by atoms with Crippen LogP contribution in [0.3, 0.4) is 0 Å². The number of carbonyl (C=O) groups excluding carboxylic acids is 1. The van der Waals surface area contributed by atoms with Crippen LogP contribution >= 0.6 is 11.3 Å². The maximum Gasteiger partial charge on any atom is 0.186 e. The first-order valence-electron chi connectivity index (χ1n) is 5.76. The third-order valence-corrected chi connectivity index (χ3v) is 4.12. The van der Waals surface area contributed by atoms with Gasteiger partial charge in [-0.25, -0.2) is 4.98 Å². The molecule has 1 aliphatic heterocycles. The molecule has 17 heavy (non-hydrogen) atoms. The maximum absolute atomic E-state index is 11.4. The minimum atomic E-state index is -0.145. The average molecular weight is 254 g/mol. The Bertz CT molecular complexity index is 440. The molecule has 1 aromatic heterocycles. The number of aryl methyl sites for hydroxylation is 1. The fraction of sp³-hybridized carbons (Fsp3) is 0.667. The Morgan fingerprint density at radius 2 is 2.24 bits per heavy atom. The minimum absolute atomic E-state index is 0.0961. The van der Waals surface area contributed by atoms with E-state index in [2.05, 4.69) is 23.7 Å². The first-order valence-corrected chi connectivity index (χ1v) is 6.58. The molecule has 0 radical (unpaired) electrons. The van der Waals surface area contributed by atoms with E-state index >= 15 is 0 Å². The van der Waals surface area contributed by atoms with E-state index in [1.165, 1.54) is 11.3 Å². The third kappa shape index (κ3) is 2.66. The van der Waals surface area contributed by atoms with Crippen LogP contribution in [0.2, 0.25) is 0 Å². The van der Waals surface area contributed by atoms with Crippen LogP contribution in [0.4, 0.5) is 5.13 Å². The molecule has 2 heterocycles. The van der Waals surface area contributed by atoms with Crippen molar-refractivity contribution >= 4 is 22.3 Å². The smallest absolute Gasteiger partial charge is 0.186 e. The molecule has 2 rings (SSSR count). The van der Waals surface area contributed by atoms with Crippen molar-refractivity contribution in [2.75, 3.05) is 24.6 Å². The van der Waals surface area contributed by atoms with Crippen molar-refractivity contribution in [3.05, 3.63) is 10.6 Å². The summed E-state index contributed by atoms with van der Waals surface area (Å²) in [6.07, 6.45) is 0. The predicted octanol–water partition coefficient (Wildman–Crippen LogP) is 2.27. The van der Waals surface area contributed by atoms with Crippen LogP contribution in [0.15, 0.2) is 0 Å². The van der Waals surface area contributed by atoms with Crippen molar-refractivity contribution in [1.29, 1.82) is 0 Å². The van der Waals surface area contributed by atoms with Crippen LogP contribution in [0.25, 0.3) is 0 Å². The number of carbonyl (C=O) groups is 1. The molecule has 1 aromatic rings. The van der Waals surface area contributed by atoms with E-state index in [1.807, 2.05) is 6.92 Å². The van der Waals surface area contributed by atoms with Gasteiger partial charge in [0, 0.05) is 20.0 Å². The summed E-state index contributed by atoms with van der Waals surface area (Å²) in [6, 6.07) is 0. The van der Waals surface area contributed by atoms with E-state index in [4.69, 9.17) is 4.74 Å².